The molecule has 0 radical (unpaired) electrons. The van der Waals surface area contributed by atoms with Gasteiger partial charge in [0, 0.05) is 6.54 Å². The minimum absolute atomic E-state index is 0.136. The second-order valence-corrected chi connectivity index (χ2v) is 3.69. The van der Waals surface area contributed by atoms with Crippen molar-refractivity contribution in [3.63, 3.8) is 0 Å². The van der Waals surface area contributed by atoms with Gasteiger partial charge in [0.25, 0.3) is 0 Å². The highest BCUT2D eigenvalue weighted by atomic mass is 16.3. The Morgan fingerprint density at radius 3 is 2.62 bits per heavy atom. The average molecular weight is 218 g/mol. The highest BCUT2D eigenvalue weighted by Crippen LogP contribution is 2.21. The molecule has 1 aromatic heterocycles. The summed E-state index contributed by atoms with van der Waals surface area (Å²) < 4.78 is 1.57. The Labute approximate surface area is 93.5 Å². The molecule has 0 spiro atoms. The van der Waals surface area contributed by atoms with Crippen LogP contribution in [0, 0.1) is 0 Å². The zero-order chi connectivity index (χ0) is 11.4. The van der Waals surface area contributed by atoms with Crippen molar-refractivity contribution < 1.29 is 5.11 Å². The Kier molecular flexibility index (Phi) is 2.98. The normalized spacial score (nSPS) is 14.6. The van der Waals surface area contributed by atoms with Crippen molar-refractivity contribution >= 4 is 0 Å². The van der Waals surface area contributed by atoms with E-state index >= 15 is 0 Å². The van der Waals surface area contributed by atoms with E-state index in [2.05, 4.69) is 10.1 Å². The number of nitrogens with two attached hydrogens (primary N) is 1. The van der Waals surface area contributed by atoms with Crippen LogP contribution in [0.5, 0.6) is 0 Å². The molecule has 5 nitrogen and oxygen atoms in total. The molecule has 0 bridgehead atoms. The molecule has 3 N–H and O–H groups in total. The van der Waals surface area contributed by atoms with Gasteiger partial charge in [0.05, 0.1) is 6.54 Å². The first-order valence-electron chi connectivity index (χ1n) is 5.05. The van der Waals surface area contributed by atoms with Crippen molar-refractivity contribution in [2.45, 2.75) is 12.1 Å². The van der Waals surface area contributed by atoms with Crippen molar-refractivity contribution in [3.05, 3.63) is 48.5 Å². The van der Waals surface area contributed by atoms with Gasteiger partial charge in [-0.25, -0.2) is 9.67 Å². The molecule has 0 aliphatic rings. The highest BCUT2D eigenvalue weighted by Gasteiger charge is 2.28. The third kappa shape index (κ3) is 2.10. The van der Waals surface area contributed by atoms with E-state index in [1.807, 2.05) is 30.3 Å². The van der Waals surface area contributed by atoms with E-state index in [1.165, 1.54) is 6.33 Å². The molecule has 0 saturated heterocycles. The molecule has 0 saturated carbocycles. The van der Waals surface area contributed by atoms with Crippen molar-refractivity contribution in [2.75, 3.05) is 6.54 Å². The second kappa shape index (κ2) is 4.42. The number of hydrogen-bond donors (Lipinski definition) is 2. The molecule has 84 valence electrons. The van der Waals surface area contributed by atoms with Crippen molar-refractivity contribution in [2.24, 2.45) is 5.73 Å². The van der Waals surface area contributed by atoms with Crippen molar-refractivity contribution in [1.82, 2.24) is 14.8 Å². The minimum atomic E-state index is -1.10. The lowest BCUT2D eigenvalue weighted by atomic mass is 9.94. The van der Waals surface area contributed by atoms with E-state index in [0.717, 1.165) is 5.56 Å². The van der Waals surface area contributed by atoms with Crippen LogP contribution in [0.3, 0.4) is 0 Å². The zero-order valence-electron chi connectivity index (χ0n) is 8.82. The third-order valence-electron chi connectivity index (χ3n) is 2.54. The summed E-state index contributed by atoms with van der Waals surface area (Å²) in [6, 6.07) is 9.35. The first-order chi connectivity index (χ1) is 7.74. The molecule has 0 fully saturated rings. The van der Waals surface area contributed by atoms with E-state index in [4.69, 9.17) is 5.73 Å². The number of aromatic nitrogens is 3. The monoisotopic (exact) mass is 218 g/mol. The number of hydrogen-bond acceptors (Lipinski definition) is 4. The van der Waals surface area contributed by atoms with Crippen molar-refractivity contribution in [3.8, 4) is 0 Å². The molecule has 0 amide bonds. The summed E-state index contributed by atoms with van der Waals surface area (Å²) in [4.78, 5) is 3.83. The van der Waals surface area contributed by atoms with Crippen LogP contribution in [0.1, 0.15) is 5.56 Å². The maximum atomic E-state index is 10.4. The van der Waals surface area contributed by atoms with Gasteiger partial charge in [-0.1, -0.05) is 30.3 Å². The van der Waals surface area contributed by atoms with Gasteiger partial charge < -0.3 is 10.8 Å². The summed E-state index contributed by atoms with van der Waals surface area (Å²) in [7, 11) is 0. The predicted molar refractivity (Wildman–Crippen MR) is 59.4 cm³/mol. The predicted octanol–water partition coefficient (Wildman–Crippen LogP) is 0.125. The molecule has 1 unspecified atom stereocenters. The van der Waals surface area contributed by atoms with Crippen LogP contribution in [-0.2, 0) is 12.1 Å². The largest absolute Gasteiger partial charge is 0.382 e. The summed E-state index contributed by atoms with van der Waals surface area (Å²) in [6.07, 6.45) is 2.99. The maximum Gasteiger partial charge on any atom is 0.137 e. The van der Waals surface area contributed by atoms with E-state index in [1.54, 1.807) is 11.0 Å². The lowest BCUT2D eigenvalue weighted by molar-refractivity contribution is 0.0239. The lowest BCUT2D eigenvalue weighted by Crippen LogP contribution is -2.39. The van der Waals surface area contributed by atoms with Crippen molar-refractivity contribution in [1.29, 1.82) is 0 Å². The van der Waals surface area contributed by atoms with Crippen LogP contribution in [0.15, 0.2) is 43.0 Å². The molecule has 2 aromatic rings. The fourth-order valence-electron chi connectivity index (χ4n) is 1.60. The Balaban J connectivity index is 2.26. The van der Waals surface area contributed by atoms with Gasteiger partial charge in [0.15, 0.2) is 0 Å². The van der Waals surface area contributed by atoms with Crippen LogP contribution in [0.4, 0.5) is 0 Å². The maximum absolute atomic E-state index is 10.4. The van der Waals surface area contributed by atoms with Crippen LogP contribution >= 0.6 is 0 Å². The van der Waals surface area contributed by atoms with E-state index in [9.17, 15) is 5.11 Å². The Hall–Kier alpha value is -1.72. The lowest BCUT2D eigenvalue weighted by Gasteiger charge is -2.26. The standard InChI is InChI=1S/C11H14N4O/c12-6-11(16,7-15-9-13-8-14-15)10-4-2-1-3-5-10/h1-5,8-9,16H,6-7,12H2. The topological polar surface area (TPSA) is 77.0 Å². The smallest absolute Gasteiger partial charge is 0.137 e. The zero-order valence-corrected chi connectivity index (χ0v) is 8.82. The number of rotatable bonds is 4. The highest BCUT2D eigenvalue weighted by molar-refractivity contribution is 5.22. The van der Waals surface area contributed by atoms with Crippen LogP contribution < -0.4 is 5.73 Å². The Morgan fingerprint density at radius 1 is 1.31 bits per heavy atom. The van der Waals surface area contributed by atoms with Gasteiger partial charge in [-0.05, 0) is 5.56 Å². The van der Waals surface area contributed by atoms with Gasteiger partial charge in [-0.3, -0.25) is 0 Å². The number of benzene rings is 1. The van der Waals surface area contributed by atoms with Gasteiger partial charge in [0.2, 0.25) is 0 Å². The Bertz CT molecular complexity index is 429. The molecule has 0 aliphatic heterocycles. The number of nitrogens with zero attached hydrogens (tertiary/aromatic N) is 3. The van der Waals surface area contributed by atoms with Gasteiger partial charge in [-0.15, -0.1) is 0 Å². The fraction of sp³-hybridized carbons (Fsp3) is 0.273. The molecule has 16 heavy (non-hydrogen) atoms. The molecule has 1 aromatic carbocycles. The van der Waals surface area contributed by atoms with Gasteiger partial charge in [0.1, 0.15) is 18.3 Å². The SMILES string of the molecule is NCC(O)(Cn1cncn1)c1ccccc1. The van der Waals surface area contributed by atoms with Gasteiger partial charge in [-0.2, -0.15) is 5.10 Å². The molecular formula is C11H14N4O. The number of aliphatic hydroxyl groups is 1. The first kappa shape index (κ1) is 10.8. The van der Waals surface area contributed by atoms with Crippen LogP contribution in [-0.4, -0.2) is 26.4 Å². The molecule has 1 atom stereocenters. The second-order valence-electron chi connectivity index (χ2n) is 3.69. The van der Waals surface area contributed by atoms with Crippen LogP contribution in [0.2, 0.25) is 0 Å². The molecule has 2 rings (SSSR count). The molecule has 1 heterocycles. The van der Waals surface area contributed by atoms with Crippen LogP contribution in [0.25, 0.3) is 0 Å². The molecule has 5 heteroatoms. The summed E-state index contributed by atoms with van der Waals surface area (Å²) in [5.41, 5.74) is 5.33. The van der Waals surface area contributed by atoms with Gasteiger partial charge >= 0.3 is 0 Å². The molecular weight excluding hydrogens is 204 g/mol. The summed E-state index contributed by atoms with van der Waals surface area (Å²) in [5, 5.41) is 14.4. The first-order valence-corrected chi connectivity index (χ1v) is 5.05. The van der Waals surface area contributed by atoms with E-state index in [-0.39, 0.29) is 6.54 Å². The summed E-state index contributed by atoms with van der Waals surface area (Å²) in [5.74, 6) is 0. The summed E-state index contributed by atoms with van der Waals surface area (Å²) >= 11 is 0. The third-order valence-corrected chi connectivity index (χ3v) is 2.54. The average Bonchev–Trinajstić information content (AvgIpc) is 2.83. The summed E-state index contributed by atoms with van der Waals surface area (Å²) in [6.45, 7) is 0.435. The van der Waals surface area contributed by atoms with E-state index < -0.39 is 5.60 Å². The minimum Gasteiger partial charge on any atom is -0.382 e. The molecule has 0 aliphatic carbocycles. The Morgan fingerprint density at radius 2 is 2.06 bits per heavy atom. The quantitative estimate of drug-likeness (QED) is 0.764. The fourth-order valence-corrected chi connectivity index (χ4v) is 1.60. The van der Waals surface area contributed by atoms with E-state index in [0.29, 0.717) is 6.54 Å².